The predicted molar refractivity (Wildman–Crippen MR) is 124 cm³/mol. The number of aryl methyl sites for hydroxylation is 1. The maximum atomic E-state index is 14.4. The standard InChI is InChI=1S/C24H20F3N7O2/c1-13-19(10-34-18-5-3-4-16(25)21(18)36-14(2)22(34)35)33-9-17(28-8-20(33)31-13)15-6-29-23(30-7-15)32-11-24(26,27)12-32/h3-9,14H,10-12H2,1-2H3/t14-/m1/s1. The van der Waals surface area contributed by atoms with Gasteiger partial charge in [-0.2, -0.15) is 0 Å². The van der Waals surface area contributed by atoms with E-state index in [1.807, 2.05) is 11.3 Å². The fourth-order valence-electron chi connectivity index (χ4n) is 4.44. The first-order valence-corrected chi connectivity index (χ1v) is 11.3. The van der Waals surface area contributed by atoms with Crippen LogP contribution in [-0.4, -0.2) is 55.4 Å². The number of anilines is 2. The second-order valence-electron chi connectivity index (χ2n) is 8.90. The monoisotopic (exact) mass is 495 g/mol. The lowest BCUT2D eigenvalue weighted by Crippen LogP contribution is -2.57. The van der Waals surface area contributed by atoms with Gasteiger partial charge >= 0.3 is 0 Å². The van der Waals surface area contributed by atoms with Gasteiger partial charge in [-0.1, -0.05) is 6.07 Å². The van der Waals surface area contributed by atoms with Crippen LogP contribution in [-0.2, 0) is 11.3 Å². The van der Waals surface area contributed by atoms with E-state index in [0.29, 0.717) is 34.0 Å². The Balaban J connectivity index is 1.34. The molecule has 0 bridgehead atoms. The van der Waals surface area contributed by atoms with Crippen molar-refractivity contribution in [3.8, 4) is 17.0 Å². The van der Waals surface area contributed by atoms with E-state index in [-0.39, 0.29) is 24.1 Å². The molecule has 1 amide bonds. The van der Waals surface area contributed by atoms with Crippen molar-refractivity contribution >= 4 is 23.2 Å². The van der Waals surface area contributed by atoms with Gasteiger partial charge in [0.15, 0.2) is 23.3 Å². The molecule has 1 atom stereocenters. The Morgan fingerprint density at radius 2 is 1.89 bits per heavy atom. The maximum absolute atomic E-state index is 14.4. The Labute approximate surface area is 203 Å². The number of halogens is 3. The lowest BCUT2D eigenvalue weighted by molar-refractivity contribution is -0.125. The number of alkyl halides is 2. The second kappa shape index (κ2) is 7.90. The molecule has 12 heteroatoms. The topological polar surface area (TPSA) is 88.8 Å². The van der Waals surface area contributed by atoms with Crippen molar-refractivity contribution in [3.05, 3.63) is 60.2 Å². The molecule has 184 valence electrons. The molecule has 0 saturated carbocycles. The van der Waals surface area contributed by atoms with Gasteiger partial charge in [0.25, 0.3) is 11.8 Å². The lowest BCUT2D eigenvalue weighted by Gasteiger charge is -2.38. The van der Waals surface area contributed by atoms with Crippen LogP contribution in [0.4, 0.5) is 24.8 Å². The fraction of sp³-hybridized carbons (Fsp3) is 0.292. The van der Waals surface area contributed by atoms with Crippen LogP contribution in [0.15, 0.2) is 43.0 Å². The third-order valence-electron chi connectivity index (χ3n) is 6.32. The Kier molecular flexibility index (Phi) is 4.88. The number of ether oxygens (including phenoxy) is 1. The molecule has 1 fully saturated rings. The fourth-order valence-corrected chi connectivity index (χ4v) is 4.44. The van der Waals surface area contributed by atoms with Crippen molar-refractivity contribution in [1.29, 1.82) is 0 Å². The van der Waals surface area contributed by atoms with Crippen LogP contribution in [0.25, 0.3) is 16.9 Å². The number of rotatable bonds is 4. The normalized spacial score (nSPS) is 18.7. The first kappa shape index (κ1) is 22.3. The van der Waals surface area contributed by atoms with E-state index in [1.54, 1.807) is 25.4 Å². The van der Waals surface area contributed by atoms with E-state index in [2.05, 4.69) is 19.9 Å². The van der Waals surface area contributed by atoms with Gasteiger partial charge in [0.1, 0.15) is 0 Å². The zero-order valence-corrected chi connectivity index (χ0v) is 19.3. The summed E-state index contributed by atoms with van der Waals surface area (Å²) in [7, 11) is 0. The van der Waals surface area contributed by atoms with E-state index < -0.39 is 30.9 Å². The van der Waals surface area contributed by atoms with Gasteiger partial charge in [-0.15, -0.1) is 0 Å². The third kappa shape index (κ3) is 3.60. The van der Waals surface area contributed by atoms with Gasteiger partial charge in [0.2, 0.25) is 5.95 Å². The molecule has 1 aromatic carbocycles. The number of benzene rings is 1. The molecule has 6 rings (SSSR count). The van der Waals surface area contributed by atoms with Crippen molar-refractivity contribution in [2.45, 2.75) is 32.4 Å². The molecule has 9 nitrogen and oxygen atoms in total. The SMILES string of the molecule is Cc1nc2cnc(-c3cnc(N4CC(F)(F)C4)nc3)cn2c1CN1C(=O)[C@@H](C)Oc2c(F)cccc21. The molecule has 0 aliphatic carbocycles. The summed E-state index contributed by atoms with van der Waals surface area (Å²) in [5, 5.41) is 0. The molecular formula is C24H20F3N7O2. The summed E-state index contributed by atoms with van der Waals surface area (Å²) in [4.78, 5) is 33.3. The summed E-state index contributed by atoms with van der Waals surface area (Å²) in [6, 6.07) is 4.46. The Bertz CT molecular complexity index is 1500. The summed E-state index contributed by atoms with van der Waals surface area (Å²) in [6.45, 7) is 2.74. The molecule has 0 spiro atoms. The first-order chi connectivity index (χ1) is 17.2. The lowest BCUT2D eigenvalue weighted by atomic mass is 10.1. The molecule has 1 saturated heterocycles. The maximum Gasteiger partial charge on any atom is 0.282 e. The van der Waals surface area contributed by atoms with E-state index in [0.717, 1.165) is 0 Å². The summed E-state index contributed by atoms with van der Waals surface area (Å²) in [5.41, 5.74) is 3.45. The van der Waals surface area contributed by atoms with Crippen molar-refractivity contribution in [2.24, 2.45) is 0 Å². The zero-order valence-electron chi connectivity index (χ0n) is 19.3. The highest BCUT2D eigenvalue weighted by Crippen LogP contribution is 2.37. The Morgan fingerprint density at radius 3 is 2.61 bits per heavy atom. The average Bonchev–Trinajstić information content (AvgIpc) is 3.15. The number of para-hydroxylation sites is 1. The van der Waals surface area contributed by atoms with Crippen LogP contribution in [0.2, 0.25) is 0 Å². The van der Waals surface area contributed by atoms with Crippen molar-refractivity contribution < 1.29 is 22.7 Å². The van der Waals surface area contributed by atoms with E-state index in [1.165, 1.54) is 34.3 Å². The Hall–Kier alpha value is -4.22. The molecule has 2 aliphatic rings. The smallest absolute Gasteiger partial charge is 0.282 e. The zero-order chi connectivity index (χ0) is 25.2. The van der Waals surface area contributed by atoms with Crippen LogP contribution < -0.4 is 14.5 Å². The number of aromatic nitrogens is 5. The quantitative estimate of drug-likeness (QED) is 0.429. The highest BCUT2D eigenvalue weighted by Gasteiger charge is 2.45. The average molecular weight is 495 g/mol. The molecule has 0 unspecified atom stereocenters. The van der Waals surface area contributed by atoms with Crippen molar-refractivity contribution in [3.63, 3.8) is 0 Å². The third-order valence-corrected chi connectivity index (χ3v) is 6.32. The molecule has 5 heterocycles. The molecule has 0 radical (unpaired) electrons. The number of carbonyl (C=O) groups excluding carboxylic acids is 1. The van der Waals surface area contributed by atoms with Crippen LogP contribution in [0, 0.1) is 12.7 Å². The molecular weight excluding hydrogens is 475 g/mol. The first-order valence-electron chi connectivity index (χ1n) is 11.3. The predicted octanol–water partition coefficient (Wildman–Crippen LogP) is 3.40. The minimum absolute atomic E-state index is 0.0376. The van der Waals surface area contributed by atoms with E-state index in [4.69, 9.17) is 4.74 Å². The van der Waals surface area contributed by atoms with Gasteiger partial charge in [-0.05, 0) is 26.0 Å². The van der Waals surface area contributed by atoms with Crippen LogP contribution in [0.1, 0.15) is 18.3 Å². The summed E-state index contributed by atoms with van der Waals surface area (Å²) >= 11 is 0. The molecule has 2 aliphatic heterocycles. The molecule has 3 aromatic heterocycles. The summed E-state index contributed by atoms with van der Waals surface area (Å²) in [6.07, 6.45) is 5.56. The summed E-state index contributed by atoms with van der Waals surface area (Å²) in [5.74, 6) is -3.27. The minimum atomic E-state index is -2.71. The van der Waals surface area contributed by atoms with Crippen molar-refractivity contribution in [2.75, 3.05) is 22.9 Å². The van der Waals surface area contributed by atoms with Crippen LogP contribution >= 0.6 is 0 Å². The van der Waals surface area contributed by atoms with Gasteiger partial charge < -0.3 is 9.64 Å². The largest absolute Gasteiger partial charge is 0.476 e. The van der Waals surface area contributed by atoms with Gasteiger partial charge in [0, 0.05) is 24.2 Å². The number of amides is 1. The minimum Gasteiger partial charge on any atom is -0.476 e. The van der Waals surface area contributed by atoms with E-state index >= 15 is 0 Å². The van der Waals surface area contributed by atoms with E-state index in [9.17, 15) is 18.0 Å². The van der Waals surface area contributed by atoms with Crippen LogP contribution in [0.3, 0.4) is 0 Å². The van der Waals surface area contributed by atoms with Crippen molar-refractivity contribution in [1.82, 2.24) is 24.3 Å². The highest BCUT2D eigenvalue weighted by atomic mass is 19.3. The molecule has 4 aromatic rings. The number of carbonyl (C=O) groups is 1. The summed E-state index contributed by atoms with van der Waals surface area (Å²) < 4.78 is 48.0. The van der Waals surface area contributed by atoms with Gasteiger partial charge in [-0.25, -0.2) is 28.1 Å². The molecule has 0 N–H and O–H groups in total. The molecule has 36 heavy (non-hydrogen) atoms. The Morgan fingerprint density at radius 1 is 1.14 bits per heavy atom. The number of hydrogen-bond donors (Lipinski definition) is 0. The number of nitrogens with zero attached hydrogens (tertiary/aromatic N) is 7. The number of imidazole rings is 1. The number of hydrogen-bond acceptors (Lipinski definition) is 7. The van der Waals surface area contributed by atoms with Gasteiger partial charge in [0.05, 0.1) is 48.6 Å². The second-order valence-corrected chi connectivity index (χ2v) is 8.90. The number of fused-ring (bicyclic) bond motifs is 2. The van der Waals surface area contributed by atoms with Crippen LogP contribution in [0.5, 0.6) is 5.75 Å². The highest BCUT2D eigenvalue weighted by molar-refractivity contribution is 5.99. The van der Waals surface area contributed by atoms with Gasteiger partial charge in [-0.3, -0.25) is 19.1 Å².